The van der Waals surface area contributed by atoms with Gasteiger partial charge in [0.1, 0.15) is 10.2 Å². The molecule has 0 unspecified atom stereocenters. The van der Waals surface area contributed by atoms with E-state index in [1.165, 1.54) is 0 Å². The van der Waals surface area contributed by atoms with Crippen LogP contribution in [0.15, 0.2) is 17.0 Å². The molecular weight excluding hydrogens is 312 g/mol. The lowest BCUT2D eigenvalue weighted by atomic mass is 10.2. The van der Waals surface area contributed by atoms with E-state index in [1.807, 2.05) is 20.8 Å². The van der Waals surface area contributed by atoms with Crippen LogP contribution in [-0.2, 0) is 9.53 Å². The monoisotopic (exact) mass is 330 g/mol. The van der Waals surface area contributed by atoms with Gasteiger partial charge in [0, 0.05) is 6.42 Å². The number of esters is 1. The summed E-state index contributed by atoms with van der Waals surface area (Å²) in [5.41, 5.74) is -0.416. The summed E-state index contributed by atoms with van der Waals surface area (Å²) in [4.78, 5) is 19.5. The van der Waals surface area contributed by atoms with Crippen molar-refractivity contribution in [2.24, 2.45) is 0 Å². The molecule has 0 saturated heterocycles. The van der Waals surface area contributed by atoms with Crippen molar-refractivity contribution < 1.29 is 14.3 Å². The number of hydrogen-bond acceptors (Lipinski definition) is 5. The lowest BCUT2D eigenvalue weighted by Gasteiger charge is -2.19. The summed E-state index contributed by atoms with van der Waals surface area (Å²) in [6.07, 6.45) is 5.05. The Hall–Kier alpha value is -1.17. The fourth-order valence-electron chi connectivity index (χ4n) is 1.32. The van der Waals surface area contributed by atoms with Crippen LogP contribution in [0.25, 0.3) is 0 Å². The molecule has 0 fully saturated rings. The van der Waals surface area contributed by atoms with Gasteiger partial charge in [-0.3, -0.25) is 4.79 Å². The highest BCUT2D eigenvalue weighted by Gasteiger charge is 2.15. The molecule has 0 amide bonds. The number of rotatable bonds is 6. The van der Waals surface area contributed by atoms with Crippen LogP contribution in [-0.4, -0.2) is 28.1 Å². The van der Waals surface area contributed by atoms with Crippen molar-refractivity contribution >= 4 is 21.9 Å². The minimum atomic E-state index is -0.416. The molecule has 1 heterocycles. The molecule has 0 aliphatic carbocycles. The first kappa shape index (κ1) is 15.9. The first-order valence-electron chi connectivity index (χ1n) is 6.19. The summed E-state index contributed by atoms with van der Waals surface area (Å²) >= 11 is 3.20. The number of carbonyl (C=O) groups excluding carboxylic acids is 1. The van der Waals surface area contributed by atoms with Crippen molar-refractivity contribution in [3.8, 4) is 5.88 Å². The highest BCUT2D eigenvalue weighted by Crippen LogP contribution is 2.11. The predicted molar refractivity (Wildman–Crippen MR) is 74.9 cm³/mol. The summed E-state index contributed by atoms with van der Waals surface area (Å²) in [5, 5.41) is 0. The quantitative estimate of drug-likeness (QED) is 0.592. The molecule has 0 spiro atoms. The molecule has 6 heteroatoms. The first-order chi connectivity index (χ1) is 8.87. The lowest BCUT2D eigenvalue weighted by Crippen LogP contribution is -2.23. The number of ether oxygens (including phenoxy) is 2. The molecule has 0 aromatic carbocycles. The number of aromatic nitrogens is 2. The maximum atomic E-state index is 11.4. The number of nitrogens with zero attached hydrogens (tertiary/aromatic N) is 2. The van der Waals surface area contributed by atoms with Gasteiger partial charge < -0.3 is 9.47 Å². The van der Waals surface area contributed by atoms with Crippen LogP contribution >= 0.6 is 15.9 Å². The van der Waals surface area contributed by atoms with E-state index < -0.39 is 5.60 Å². The molecule has 0 N–H and O–H groups in total. The van der Waals surface area contributed by atoms with Crippen LogP contribution in [0.4, 0.5) is 0 Å². The molecule has 0 aliphatic heterocycles. The van der Waals surface area contributed by atoms with Crippen molar-refractivity contribution in [1.29, 1.82) is 0 Å². The number of hydrogen-bond donors (Lipinski definition) is 0. The first-order valence-corrected chi connectivity index (χ1v) is 6.98. The lowest BCUT2D eigenvalue weighted by molar-refractivity contribution is -0.154. The maximum absolute atomic E-state index is 11.4. The Morgan fingerprint density at radius 2 is 2.00 bits per heavy atom. The minimum absolute atomic E-state index is 0.170. The molecule has 0 radical (unpaired) electrons. The van der Waals surface area contributed by atoms with E-state index in [1.54, 1.807) is 12.4 Å². The number of carbonyl (C=O) groups is 1. The van der Waals surface area contributed by atoms with E-state index in [2.05, 4.69) is 25.9 Å². The summed E-state index contributed by atoms with van der Waals surface area (Å²) in [7, 11) is 0. The highest BCUT2D eigenvalue weighted by molar-refractivity contribution is 9.10. The fourth-order valence-corrected chi connectivity index (χ4v) is 1.52. The van der Waals surface area contributed by atoms with Gasteiger partial charge >= 0.3 is 5.97 Å². The van der Waals surface area contributed by atoms with Crippen LogP contribution in [0.1, 0.15) is 40.0 Å². The summed E-state index contributed by atoms with van der Waals surface area (Å²) < 4.78 is 11.3. The average molecular weight is 331 g/mol. The van der Waals surface area contributed by atoms with Gasteiger partial charge in [0.05, 0.1) is 19.0 Å². The number of unbranched alkanes of at least 4 members (excludes halogenated alkanes) is 1. The third kappa shape index (κ3) is 7.77. The third-order valence-electron chi connectivity index (χ3n) is 2.04. The van der Waals surface area contributed by atoms with Crippen LogP contribution in [0.3, 0.4) is 0 Å². The maximum Gasteiger partial charge on any atom is 0.306 e. The molecule has 0 bridgehead atoms. The third-order valence-corrected chi connectivity index (χ3v) is 2.45. The van der Waals surface area contributed by atoms with E-state index in [-0.39, 0.29) is 5.97 Å². The Morgan fingerprint density at radius 1 is 1.26 bits per heavy atom. The zero-order chi connectivity index (χ0) is 14.3. The van der Waals surface area contributed by atoms with Gasteiger partial charge in [0.15, 0.2) is 0 Å². The van der Waals surface area contributed by atoms with Crippen LogP contribution in [0.2, 0.25) is 0 Å². The topological polar surface area (TPSA) is 61.3 Å². The average Bonchev–Trinajstić information content (AvgIpc) is 2.29. The largest absolute Gasteiger partial charge is 0.477 e. The Balaban J connectivity index is 2.11. The zero-order valence-electron chi connectivity index (χ0n) is 11.5. The molecule has 1 aromatic heterocycles. The van der Waals surface area contributed by atoms with Crippen molar-refractivity contribution in [3.63, 3.8) is 0 Å². The Kier molecular flexibility index (Phi) is 6.21. The summed E-state index contributed by atoms with van der Waals surface area (Å²) in [6.45, 7) is 6.10. The van der Waals surface area contributed by atoms with E-state index in [4.69, 9.17) is 9.47 Å². The van der Waals surface area contributed by atoms with Crippen LogP contribution in [0.5, 0.6) is 5.88 Å². The minimum Gasteiger partial charge on any atom is -0.477 e. The molecule has 19 heavy (non-hydrogen) atoms. The highest BCUT2D eigenvalue weighted by atomic mass is 79.9. The van der Waals surface area contributed by atoms with E-state index in [0.717, 1.165) is 12.8 Å². The Bertz CT molecular complexity index is 401. The Morgan fingerprint density at radius 3 is 2.58 bits per heavy atom. The zero-order valence-corrected chi connectivity index (χ0v) is 13.1. The molecule has 0 saturated carbocycles. The van der Waals surface area contributed by atoms with Gasteiger partial charge in [-0.25, -0.2) is 9.97 Å². The van der Waals surface area contributed by atoms with E-state index in [9.17, 15) is 4.79 Å². The number of halogens is 1. The van der Waals surface area contributed by atoms with Crippen LogP contribution < -0.4 is 4.74 Å². The second kappa shape index (κ2) is 7.43. The second-order valence-electron chi connectivity index (χ2n) is 5.07. The second-order valence-corrected chi connectivity index (χ2v) is 5.88. The van der Waals surface area contributed by atoms with E-state index in [0.29, 0.717) is 23.5 Å². The SMILES string of the molecule is CC(C)(C)OC(=O)CCCCOc1cnc(Br)cn1. The molecule has 5 nitrogen and oxygen atoms in total. The predicted octanol–water partition coefficient (Wildman–Crippen LogP) is 3.13. The van der Waals surface area contributed by atoms with Crippen molar-refractivity contribution in [3.05, 3.63) is 17.0 Å². The molecule has 0 atom stereocenters. The van der Waals surface area contributed by atoms with Gasteiger partial charge in [0.25, 0.3) is 0 Å². The molecule has 106 valence electrons. The van der Waals surface area contributed by atoms with Gasteiger partial charge in [-0.2, -0.15) is 0 Å². The Labute approximate surface area is 121 Å². The smallest absolute Gasteiger partial charge is 0.306 e. The van der Waals surface area contributed by atoms with E-state index >= 15 is 0 Å². The van der Waals surface area contributed by atoms with Gasteiger partial charge in [-0.1, -0.05) is 0 Å². The summed E-state index contributed by atoms with van der Waals surface area (Å²) in [5.74, 6) is 0.316. The standard InChI is InChI=1S/C13H19BrN2O3/c1-13(2,3)19-12(17)6-4-5-7-18-11-9-15-10(14)8-16-11/h8-9H,4-7H2,1-3H3. The molecule has 0 aliphatic rings. The van der Waals surface area contributed by atoms with Gasteiger partial charge in [-0.05, 0) is 49.5 Å². The van der Waals surface area contributed by atoms with Gasteiger partial charge in [-0.15, -0.1) is 0 Å². The normalized spacial score (nSPS) is 11.2. The molecule has 1 rings (SSSR count). The van der Waals surface area contributed by atoms with Gasteiger partial charge in [0.2, 0.25) is 5.88 Å². The van der Waals surface area contributed by atoms with Crippen LogP contribution in [0, 0.1) is 0 Å². The molecular formula is C13H19BrN2O3. The fraction of sp³-hybridized carbons (Fsp3) is 0.615. The molecule has 1 aromatic rings. The van der Waals surface area contributed by atoms with Crippen molar-refractivity contribution in [2.75, 3.05) is 6.61 Å². The van der Waals surface area contributed by atoms with Crippen molar-refractivity contribution in [2.45, 2.75) is 45.6 Å². The van der Waals surface area contributed by atoms with Crippen molar-refractivity contribution in [1.82, 2.24) is 9.97 Å². The summed E-state index contributed by atoms with van der Waals surface area (Å²) in [6, 6.07) is 0.